The zero-order valence-electron chi connectivity index (χ0n) is 8.11. The van der Waals surface area contributed by atoms with Crippen molar-refractivity contribution in [3.8, 4) is 0 Å². The molecule has 0 aromatic rings. The van der Waals surface area contributed by atoms with Crippen LogP contribution in [0.25, 0.3) is 0 Å². The van der Waals surface area contributed by atoms with E-state index in [0.29, 0.717) is 6.61 Å². The fourth-order valence-electron chi connectivity index (χ4n) is 1.32. The molecule has 1 heterocycles. The van der Waals surface area contributed by atoms with Crippen molar-refractivity contribution in [2.75, 3.05) is 6.61 Å². The van der Waals surface area contributed by atoms with Crippen LogP contribution in [-0.2, 0) is 4.74 Å². The van der Waals surface area contributed by atoms with Crippen LogP contribution >= 0.6 is 0 Å². The lowest BCUT2D eigenvalue weighted by Crippen LogP contribution is -2.40. The van der Waals surface area contributed by atoms with Crippen molar-refractivity contribution in [2.45, 2.75) is 26.8 Å². The highest BCUT2D eigenvalue weighted by Gasteiger charge is 2.34. The molecule has 1 atom stereocenters. The van der Waals surface area contributed by atoms with Crippen LogP contribution in [0.4, 0.5) is 4.79 Å². The standard InChI is InChI=1S/C9H15NO3/c1-4-8(11)10-7(6(2)3)5-13-9(10)12/h4,6-7,11H,5H2,1-3H3/p-1/b8-4-/t7-/m1/s1. The molecule has 1 fully saturated rings. The maximum Gasteiger partial charge on any atom is 0.413 e. The molecule has 1 amide bonds. The second-order valence-corrected chi connectivity index (χ2v) is 3.39. The van der Waals surface area contributed by atoms with Crippen LogP contribution in [-0.4, -0.2) is 23.6 Å². The fourth-order valence-corrected chi connectivity index (χ4v) is 1.32. The molecule has 13 heavy (non-hydrogen) atoms. The Balaban J connectivity index is 2.83. The van der Waals surface area contributed by atoms with E-state index < -0.39 is 6.09 Å². The number of rotatable bonds is 2. The molecule has 1 aliphatic rings. The van der Waals surface area contributed by atoms with Crippen molar-refractivity contribution >= 4 is 6.09 Å². The number of carbonyl (C=O) groups is 1. The topological polar surface area (TPSA) is 52.6 Å². The molecule has 4 nitrogen and oxygen atoms in total. The average molecular weight is 184 g/mol. The molecule has 0 spiro atoms. The first kappa shape index (κ1) is 9.89. The number of amides is 1. The van der Waals surface area contributed by atoms with Crippen molar-refractivity contribution < 1.29 is 14.6 Å². The van der Waals surface area contributed by atoms with E-state index >= 15 is 0 Å². The van der Waals surface area contributed by atoms with Gasteiger partial charge in [0.05, 0.1) is 6.04 Å². The number of carbonyl (C=O) groups excluding carboxylic acids is 1. The number of allylic oxidation sites excluding steroid dienone is 1. The van der Waals surface area contributed by atoms with E-state index in [0.717, 1.165) is 0 Å². The number of cyclic esters (lactones) is 1. The van der Waals surface area contributed by atoms with Crippen molar-refractivity contribution in [3.63, 3.8) is 0 Å². The van der Waals surface area contributed by atoms with Gasteiger partial charge in [-0.1, -0.05) is 19.9 Å². The quantitative estimate of drug-likeness (QED) is 0.593. The largest absolute Gasteiger partial charge is 0.860 e. The number of nitrogens with zero attached hydrogens (tertiary/aromatic N) is 1. The molecular formula is C9H14NO3-. The summed E-state index contributed by atoms with van der Waals surface area (Å²) in [6.07, 6.45) is 0.851. The summed E-state index contributed by atoms with van der Waals surface area (Å²) in [6.45, 7) is 5.85. The highest BCUT2D eigenvalue weighted by atomic mass is 16.6. The zero-order valence-corrected chi connectivity index (χ0v) is 8.11. The molecule has 0 aliphatic carbocycles. The number of hydrogen-bond donors (Lipinski definition) is 0. The van der Waals surface area contributed by atoms with Gasteiger partial charge in [0.15, 0.2) is 0 Å². The van der Waals surface area contributed by atoms with Crippen LogP contribution in [0.15, 0.2) is 12.0 Å². The van der Waals surface area contributed by atoms with Crippen LogP contribution in [0.1, 0.15) is 20.8 Å². The summed E-state index contributed by atoms with van der Waals surface area (Å²) in [4.78, 5) is 12.3. The molecule has 0 saturated carbocycles. The van der Waals surface area contributed by atoms with E-state index in [9.17, 15) is 9.90 Å². The molecule has 0 radical (unpaired) electrons. The maximum absolute atomic E-state index is 11.3. The monoisotopic (exact) mass is 184 g/mol. The Morgan fingerprint density at radius 3 is 2.85 bits per heavy atom. The van der Waals surface area contributed by atoms with E-state index in [2.05, 4.69) is 0 Å². The van der Waals surface area contributed by atoms with Crippen LogP contribution < -0.4 is 5.11 Å². The minimum Gasteiger partial charge on any atom is -0.860 e. The summed E-state index contributed by atoms with van der Waals surface area (Å²) in [5, 5.41) is 11.3. The summed E-state index contributed by atoms with van der Waals surface area (Å²) in [5.74, 6) is -0.0449. The van der Waals surface area contributed by atoms with E-state index in [-0.39, 0.29) is 17.8 Å². The Bertz CT molecular complexity index is 235. The van der Waals surface area contributed by atoms with E-state index in [1.54, 1.807) is 6.92 Å². The van der Waals surface area contributed by atoms with Crippen molar-refractivity contribution in [3.05, 3.63) is 12.0 Å². The van der Waals surface area contributed by atoms with E-state index in [1.807, 2.05) is 13.8 Å². The van der Waals surface area contributed by atoms with Crippen LogP contribution in [0, 0.1) is 5.92 Å². The molecule has 1 aliphatic heterocycles. The molecule has 74 valence electrons. The van der Waals surface area contributed by atoms with Gasteiger partial charge < -0.3 is 9.84 Å². The molecule has 0 aromatic heterocycles. The SMILES string of the molecule is C/C=C(\[O-])N1C(=O)OC[C@@H]1C(C)C. The molecule has 0 unspecified atom stereocenters. The molecule has 0 N–H and O–H groups in total. The van der Waals surface area contributed by atoms with Gasteiger partial charge in [-0.2, -0.15) is 0 Å². The van der Waals surface area contributed by atoms with Gasteiger partial charge in [-0.3, -0.25) is 4.90 Å². The lowest BCUT2D eigenvalue weighted by Gasteiger charge is -2.29. The van der Waals surface area contributed by atoms with Gasteiger partial charge in [-0.05, 0) is 18.7 Å². The first-order chi connectivity index (χ1) is 6.07. The number of hydrogen-bond acceptors (Lipinski definition) is 3. The Hall–Kier alpha value is -1.19. The first-order valence-electron chi connectivity index (χ1n) is 4.37. The lowest BCUT2D eigenvalue weighted by atomic mass is 10.1. The van der Waals surface area contributed by atoms with Gasteiger partial charge >= 0.3 is 6.09 Å². The summed E-state index contributed by atoms with van der Waals surface area (Å²) in [7, 11) is 0. The molecule has 0 aromatic carbocycles. The Morgan fingerprint density at radius 1 is 1.77 bits per heavy atom. The lowest BCUT2D eigenvalue weighted by molar-refractivity contribution is -0.329. The van der Waals surface area contributed by atoms with Crippen LogP contribution in [0.5, 0.6) is 0 Å². The summed E-state index contributed by atoms with van der Waals surface area (Å²) >= 11 is 0. The van der Waals surface area contributed by atoms with Gasteiger partial charge in [0.25, 0.3) is 0 Å². The van der Waals surface area contributed by atoms with Crippen LogP contribution in [0.2, 0.25) is 0 Å². The normalized spacial score (nSPS) is 24.0. The third kappa shape index (κ3) is 1.76. The fraction of sp³-hybridized carbons (Fsp3) is 0.667. The summed E-state index contributed by atoms with van der Waals surface area (Å²) < 4.78 is 4.81. The van der Waals surface area contributed by atoms with Gasteiger partial charge in [0, 0.05) is 0 Å². The van der Waals surface area contributed by atoms with E-state index in [1.165, 1.54) is 11.0 Å². The smallest absolute Gasteiger partial charge is 0.413 e. The summed E-state index contributed by atoms with van der Waals surface area (Å²) in [6, 6.07) is -0.115. The third-order valence-electron chi connectivity index (χ3n) is 2.16. The minimum absolute atomic E-state index is 0.115. The Labute approximate surface area is 77.8 Å². The predicted octanol–water partition coefficient (Wildman–Crippen LogP) is 0.685. The Kier molecular flexibility index (Phi) is 2.80. The predicted molar refractivity (Wildman–Crippen MR) is 45.6 cm³/mol. The van der Waals surface area contributed by atoms with Gasteiger partial charge in [-0.25, -0.2) is 4.79 Å². The van der Waals surface area contributed by atoms with Crippen molar-refractivity contribution in [1.82, 2.24) is 4.90 Å². The Morgan fingerprint density at radius 2 is 2.38 bits per heavy atom. The van der Waals surface area contributed by atoms with Crippen LogP contribution in [0.3, 0.4) is 0 Å². The van der Waals surface area contributed by atoms with Crippen molar-refractivity contribution in [2.24, 2.45) is 5.92 Å². The first-order valence-corrected chi connectivity index (χ1v) is 4.37. The van der Waals surface area contributed by atoms with Gasteiger partial charge in [0.1, 0.15) is 6.61 Å². The van der Waals surface area contributed by atoms with Gasteiger partial charge in [-0.15, -0.1) is 0 Å². The highest BCUT2D eigenvalue weighted by Crippen LogP contribution is 2.21. The molecule has 1 saturated heterocycles. The second kappa shape index (κ2) is 3.68. The molecular weight excluding hydrogens is 170 g/mol. The third-order valence-corrected chi connectivity index (χ3v) is 2.16. The van der Waals surface area contributed by atoms with Crippen molar-refractivity contribution in [1.29, 1.82) is 0 Å². The number of ether oxygens (including phenoxy) is 1. The summed E-state index contributed by atoms with van der Waals surface area (Å²) in [5.41, 5.74) is 0. The van der Waals surface area contributed by atoms with Gasteiger partial charge in [0.2, 0.25) is 0 Å². The highest BCUT2D eigenvalue weighted by molar-refractivity contribution is 5.71. The molecule has 4 heteroatoms. The minimum atomic E-state index is -0.526. The molecule has 0 bridgehead atoms. The maximum atomic E-state index is 11.3. The zero-order chi connectivity index (χ0) is 10.0. The van der Waals surface area contributed by atoms with E-state index in [4.69, 9.17) is 4.74 Å². The average Bonchev–Trinajstić information content (AvgIpc) is 2.46. The second-order valence-electron chi connectivity index (χ2n) is 3.39. The molecule has 1 rings (SSSR count).